The van der Waals surface area contributed by atoms with E-state index in [9.17, 15) is 4.79 Å². The Morgan fingerprint density at radius 3 is 2.63 bits per heavy atom. The number of aliphatic imine (C=N–C) groups is 1. The second-order valence-electron chi connectivity index (χ2n) is 6.91. The number of para-hydroxylation sites is 1. The fraction of sp³-hybridized carbons (Fsp3) is 0.619. The number of ether oxygens (including phenoxy) is 1. The number of benzene rings is 1. The maximum Gasteiger partial charge on any atom is 0.220 e. The van der Waals surface area contributed by atoms with Crippen LogP contribution >= 0.6 is 0 Å². The number of likely N-dealkylation sites (tertiary alicyclic amines) is 1. The number of hydrogen-bond acceptors (Lipinski definition) is 3. The van der Waals surface area contributed by atoms with Gasteiger partial charge in [-0.3, -0.25) is 9.79 Å². The highest BCUT2D eigenvalue weighted by molar-refractivity contribution is 5.80. The van der Waals surface area contributed by atoms with Crippen molar-refractivity contribution in [2.75, 3.05) is 39.8 Å². The van der Waals surface area contributed by atoms with Crippen LogP contribution < -0.4 is 15.4 Å². The quantitative estimate of drug-likeness (QED) is 0.396. The van der Waals surface area contributed by atoms with Gasteiger partial charge in [0.15, 0.2) is 5.96 Å². The van der Waals surface area contributed by atoms with E-state index in [1.54, 1.807) is 7.05 Å². The second-order valence-corrected chi connectivity index (χ2v) is 6.91. The predicted octanol–water partition coefficient (Wildman–Crippen LogP) is 2.66. The van der Waals surface area contributed by atoms with Crippen LogP contribution in [0.4, 0.5) is 0 Å². The molecule has 1 fully saturated rings. The van der Waals surface area contributed by atoms with Crippen LogP contribution in [0.15, 0.2) is 35.3 Å². The van der Waals surface area contributed by atoms with Crippen LogP contribution in [0.5, 0.6) is 5.75 Å². The summed E-state index contributed by atoms with van der Waals surface area (Å²) in [6, 6.07) is 9.93. The molecule has 1 heterocycles. The minimum Gasteiger partial charge on any atom is -0.494 e. The molecular formula is C21H34N4O2. The molecule has 1 aliphatic heterocycles. The molecular weight excluding hydrogens is 340 g/mol. The molecule has 2 N–H and O–H groups in total. The molecule has 1 saturated heterocycles. The summed E-state index contributed by atoms with van der Waals surface area (Å²) in [6.45, 7) is 6.42. The van der Waals surface area contributed by atoms with Gasteiger partial charge in [0.2, 0.25) is 5.91 Å². The van der Waals surface area contributed by atoms with Crippen molar-refractivity contribution in [2.45, 2.75) is 39.0 Å². The minimum atomic E-state index is 0.145. The summed E-state index contributed by atoms with van der Waals surface area (Å²) < 4.78 is 5.72. The third-order valence-corrected chi connectivity index (χ3v) is 4.83. The molecule has 0 bridgehead atoms. The van der Waals surface area contributed by atoms with Gasteiger partial charge >= 0.3 is 0 Å². The van der Waals surface area contributed by atoms with Crippen molar-refractivity contribution in [3.63, 3.8) is 0 Å². The normalized spacial score (nSPS) is 15.5. The number of carbonyl (C=O) groups excluding carboxylic acids is 1. The number of unbranched alkanes of at least 4 members (excludes halogenated alkanes) is 1. The lowest BCUT2D eigenvalue weighted by Gasteiger charge is -2.34. The molecule has 0 aliphatic carbocycles. The maximum absolute atomic E-state index is 11.5. The Hall–Kier alpha value is -2.24. The lowest BCUT2D eigenvalue weighted by atomic mass is 9.93. The first kappa shape index (κ1) is 21.1. The molecule has 0 radical (unpaired) electrons. The summed E-state index contributed by atoms with van der Waals surface area (Å²) in [4.78, 5) is 18.6. The van der Waals surface area contributed by atoms with Crippen molar-refractivity contribution >= 4 is 11.9 Å². The summed E-state index contributed by atoms with van der Waals surface area (Å²) in [5, 5.41) is 6.12. The Balaban J connectivity index is 1.68. The SMILES string of the molecule is CCNC(=NCCCCOc1ccccc1)N1CCC(CC(=O)NC)CC1. The lowest BCUT2D eigenvalue weighted by Crippen LogP contribution is -2.46. The highest BCUT2D eigenvalue weighted by Gasteiger charge is 2.22. The number of nitrogens with zero attached hydrogens (tertiary/aromatic N) is 2. The molecule has 2 rings (SSSR count). The van der Waals surface area contributed by atoms with E-state index in [2.05, 4.69) is 22.5 Å². The second kappa shape index (κ2) is 12.2. The zero-order valence-corrected chi connectivity index (χ0v) is 16.7. The van der Waals surface area contributed by atoms with Crippen LogP contribution in [0.2, 0.25) is 0 Å². The van der Waals surface area contributed by atoms with Gasteiger partial charge < -0.3 is 20.3 Å². The third kappa shape index (κ3) is 7.89. The van der Waals surface area contributed by atoms with Crippen LogP contribution in [-0.4, -0.2) is 56.6 Å². The zero-order valence-electron chi connectivity index (χ0n) is 16.7. The Kier molecular flexibility index (Phi) is 9.52. The molecule has 1 amide bonds. The van der Waals surface area contributed by atoms with Crippen molar-refractivity contribution in [3.05, 3.63) is 30.3 Å². The number of amides is 1. The first-order chi connectivity index (χ1) is 13.2. The average molecular weight is 375 g/mol. The molecule has 1 aromatic carbocycles. The molecule has 0 unspecified atom stereocenters. The highest BCUT2D eigenvalue weighted by atomic mass is 16.5. The van der Waals surface area contributed by atoms with E-state index >= 15 is 0 Å². The van der Waals surface area contributed by atoms with E-state index in [1.165, 1.54) is 0 Å². The summed E-state index contributed by atoms with van der Waals surface area (Å²) in [5.41, 5.74) is 0. The van der Waals surface area contributed by atoms with E-state index in [1.807, 2.05) is 30.3 Å². The Morgan fingerprint density at radius 2 is 1.96 bits per heavy atom. The number of guanidine groups is 1. The van der Waals surface area contributed by atoms with Crippen molar-refractivity contribution in [3.8, 4) is 5.75 Å². The standard InChI is InChI=1S/C21H34N4O2/c1-3-23-21(25-14-11-18(12-15-25)17-20(26)22-2)24-13-7-8-16-27-19-9-5-4-6-10-19/h4-6,9-10,18H,3,7-8,11-17H2,1-2H3,(H,22,26)(H,23,24). The number of hydrogen-bond donors (Lipinski definition) is 2. The maximum atomic E-state index is 11.5. The molecule has 0 saturated carbocycles. The van der Waals surface area contributed by atoms with Gasteiger partial charge in [0.05, 0.1) is 6.61 Å². The van der Waals surface area contributed by atoms with E-state index in [0.29, 0.717) is 12.3 Å². The summed E-state index contributed by atoms with van der Waals surface area (Å²) in [7, 11) is 1.71. The van der Waals surface area contributed by atoms with Gasteiger partial charge in [0.1, 0.15) is 5.75 Å². The number of carbonyl (C=O) groups is 1. The van der Waals surface area contributed by atoms with Crippen molar-refractivity contribution in [1.29, 1.82) is 0 Å². The largest absolute Gasteiger partial charge is 0.494 e. The van der Waals surface area contributed by atoms with Gasteiger partial charge in [-0.15, -0.1) is 0 Å². The molecule has 0 spiro atoms. The molecule has 1 aliphatic rings. The summed E-state index contributed by atoms with van der Waals surface area (Å²) >= 11 is 0. The Bertz CT molecular complexity index is 569. The van der Waals surface area contributed by atoms with Crippen LogP contribution in [0.3, 0.4) is 0 Å². The monoisotopic (exact) mass is 374 g/mol. The van der Waals surface area contributed by atoms with Gasteiger partial charge in [-0.2, -0.15) is 0 Å². The van der Waals surface area contributed by atoms with Crippen LogP contribution in [0.1, 0.15) is 39.0 Å². The molecule has 0 atom stereocenters. The van der Waals surface area contributed by atoms with Gasteiger partial charge in [0, 0.05) is 39.6 Å². The third-order valence-electron chi connectivity index (χ3n) is 4.83. The summed E-state index contributed by atoms with van der Waals surface area (Å²) in [6.07, 6.45) is 4.73. The van der Waals surface area contributed by atoms with E-state index in [4.69, 9.17) is 9.73 Å². The topological polar surface area (TPSA) is 66.0 Å². The van der Waals surface area contributed by atoms with Crippen molar-refractivity contribution in [1.82, 2.24) is 15.5 Å². The van der Waals surface area contributed by atoms with Gasteiger partial charge in [-0.05, 0) is 50.7 Å². The molecule has 150 valence electrons. The van der Waals surface area contributed by atoms with Crippen molar-refractivity contribution < 1.29 is 9.53 Å². The Labute approximate surface area is 163 Å². The van der Waals surface area contributed by atoms with Crippen molar-refractivity contribution in [2.24, 2.45) is 10.9 Å². The lowest BCUT2D eigenvalue weighted by molar-refractivity contribution is -0.121. The summed E-state index contributed by atoms with van der Waals surface area (Å²) in [5.74, 6) is 2.56. The molecule has 27 heavy (non-hydrogen) atoms. The first-order valence-corrected chi connectivity index (χ1v) is 10.1. The first-order valence-electron chi connectivity index (χ1n) is 10.1. The van der Waals surface area contributed by atoms with Crippen LogP contribution in [0.25, 0.3) is 0 Å². The molecule has 1 aromatic rings. The molecule has 6 heteroatoms. The fourth-order valence-corrected chi connectivity index (χ4v) is 3.24. The smallest absolute Gasteiger partial charge is 0.220 e. The van der Waals surface area contributed by atoms with Crippen LogP contribution in [-0.2, 0) is 4.79 Å². The number of piperidine rings is 1. The molecule has 6 nitrogen and oxygen atoms in total. The van der Waals surface area contributed by atoms with E-state index < -0.39 is 0 Å². The van der Waals surface area contributed by atoms with E-state index in [-0.39, 0.29) is 5.91 Å². The van der Waals surface area contributed by atoms with Gasteiger partial charge in [-0.1, -0.05) is 18.2 Å². The predicted molar refractivity (Wildman–Crippen MR) is 110 cm³/mol. The average Bonchev–Trinajstić information content (AvgIpc) is 2.71. The Morgan fingerprint density at radius 1 is 1.22 bits per heavy atom. The molecule has 0 aromatic heterocycles. The van der Waals surface area contributed by atoms with Gasteiger partial charge in [0.25, 0.3) is 0 Å². The minimum absolute atomic E-state index is 0.145. The van der Waals surface area contributed by atoms with Gasteiger partial charge in [-0.25, -0.2) is 0 Å². The highest BCUT2D eigenvalue weighted by Crippen LogP contribution is 2.20. The number of nitrogens with one attached hydrogen (secondary N) is 2. The van der Waals surface area contributed by atoms with Crippen LogP contribution in [0, 0.1) is 5.92 Å². The van der Waals surface area contributed by atoms with E-state index in [0.717, 1.165) is 70.2 Å². The fourth-order valence-electron chi connectivity index (χ4n) is 3.24. The number of rotatable bonds is 9. The zero-order chi connectivity index (χ0) is 19.3.